The lowest BCUT2D eigenvalue weighted by molar-refractivity contribution is 0.00326. The lowest BCUT2D eigenvalue weighted by atomic mass is 10.1. The maximum absolute atomic E-state index is 14.0. The first-order chi connectivity index (χ1) is 9.02. The van der Waals surface area contributed by atoms with E-state index in [1.165, 1.54) is 17.0 Å². The lowest BCUT2D eigenvalue weighted by Crippen LogP contribution is -2.45. The Morgan fingerprint density at radius 2 is 2.37 bits per heavy atom. The number of hydrogen-bond donors (Lipinski definition) is 1. The van der Waals surface area contributed by atoms with Crippen LogP contribution in [0.5, 0.6) is 0 Å². The summed E-state index contributed by atoms with van der Waals surface area (Å²) >= 11 is 0. The maximum atomic E-state index is 14.0. The van der Waals surface area contributed by atoms with Crippen molar-refractivity contribution < 1.29 is 13.9 Å². The average Bonchev–Trinajstić information content (AvgIpc) is 2.42. The number of morpholine rings is 1. The molecule has 1 fully saturated rings. The van der Waals surface area contributed by atoms with Crippen molar-refractivity contribution in [1.29, 1.82) is 5.26 Å². The van der Waals surface area contributed by atoms with Crippen LogP contribution >= 0.6 is 0 Å². The summed E-state index contributed by atoms with van der Waals surface area (Å²) in [5.41, 5.74) is 6.24. The first-order valence-corrected chi connectivity index (χ1v) is 5.89. The van der Waals surface area contributed by atoms with E-state index in [9.17, 15) is 9.18 Å². The topological polar surface area (TPSA) is 79.3 Å². The SMILES string of the molecule is Cc1cc(N)cc(C(=O)N2CCOC(C#N)C2)c1F. The molecule has 1 aliphatic rings. The molecule has 5 nitrogen and oxygen atoms in total. The van der Waals surface area contributed by atoms with Crippen molar-refractivity contribution in [1.82, 2.24) is 4.90 Å². The smallest absolute Gasteiger partial charge is 0.257 e. The first kappa shape index (κ1) is 13.3. The Morgan fingerprint density at radius 3 is 3.05 bits per heavy atom. The van der Waals surface area contributed by atoms with Crippen LogP contribution in [0.15, 0.2) is 12.1 Å². The van der Waals surface area contributed by atoms with E-state index >= 15 is 0 Å². The molecule has 1 unspecified atom stereocenters. The highest BCUT2D eigenvalue weighted by atomic mass is 19.1. The van der Waals surface area contributed by atoms with E-state index in [2.05, 4.69) is 0 Å². The molecule has 1 heterocycles. The van der Waals surface area contributed by atoms with Gasteiger partial charge in [-0.15, -0.1) is 0 Å². The van der Waals surface area contributed by atoms with Crippen molar-refractivity contribution in [3.8, 4) is 6.07 Å². The Kier molecular flexibility index (Phi) is 3.67. The molecule has 1 aromatic carbocycles. The van der Waals surface area contributed by atoms with E-state index in [4.69, 9.17) is 15.7 Å². The molecular weight excluding hydrogens is 249 g/mol. The Balaban J connectivity index is 2.27. The largest absolute Gasteiger partial charge is 0.399 e. The summed E-state index contributed by atoms with van der Waals surface area (Å²) in [6, 6.07) is 4.74. The van der Waals surface area contributed by atoms with Crippen LogP contribution < -0.4 is 5.73 Å². The number of nitrogens with two attached hydrogens (primary N) is 1. The van der Waals surface area contributed by atoms with E-state index in [0.29, 0.717) is 17.8 Å². The minimum atomic E-state index is -0.664. The van der Waals surface area contributed by atoms with E-state index in [1.54, 1.807) is 6.92 Å². The highest BCUT2D eigenvalue weighted by molar-refractivity contribution is 5.95. The fraction of sp³-hybridized carbons (Fsp3) is 0.385. The molecule has 19 heavy (non-hydrogen) atoms. The van der Waals surface area contributed by atoms with Gasteiger partial charge in [0.25, 0.3) is 5.91 Å². The molecule has 0 spiro atoms. The summed E-state index contributed by atoms with van der Waals surface area (Å²) in [4.78, 5) is 13.7. The third kappa shape index (κ3) is 2.66. The number of aryl methyl sites for hydroxylation is 1. The highest BCUT2D eigenvalue weighted by Crippen LogP contribution is 2.20. The van der Waals surface area contributed by atoms with E-state index in [-0.39, 0.29) is 18.7 Å². The third-order valence-electron chi connectivity index (χ3n) is 3.00. The van der Waals surface area contributed by atoms with Gasteiger partial charge in [-0.05, 0) is 24.6 Å². The summed E-state index contributed by atoms with van der Waals surface area (Å²) < 4.78 is 19.1. The van der Waals surface area contributed by atoms with Crippen LogP contribution in [-0.4, -0.2) is 36.6 Å². The van der Waals surface area contributed by atoms with Crippen molar-refractivity contribution in [2.75, 3.05) is 25.4 Å². The highest BCUT2D eigenvalue weighted by Gasteiger charge is 2.27. The van der Waals surface area contributed by atoms with Crippen LogP contribution in [-0.2, 0) is 4.74 Å². The lowest BCUT2D eigenvalue weighted by Gasteiger charge is -2.30. The molecule has 1 aromatic rings. The fourth-order valence-electron chi connectivity index (χ4n) is 2.04. The number of halogens is 1. The molecule has 6 heteroatoms. The molecule has 1 aliphatic heterocycles. The van der Waals surface area contributed by atoms with Crippen molar-refractivity contribution in [2.24, 2.45) is 0 Å². The zero-order valence-corrected chi connectivity index (χ0v) is 10.5. The molecule has 2 N–H and O–H groups in total. The molecule has 1 saturated heterocycles. The fourth-order valence-corrected chi connectivity index (χ4v) is 2.04. The van der Waals surface area contributed by atoms with Crippen LogP contribution in [0, 0.1) is 24.1 Å². The number of nitrogens with zero attached hydrogens (tertiary/aromatic N) is 2. The molecule has 0 radical (unpaired) electrons. The van der Waals surface area contributed by atoms with Gasteiger partial charge in [-0.25, -0.2) is 4.39 Å². The Bertz CT molecular complexity index is 554. The third-order valence-corrected chi connectivity index (χ3v) is 3.00. The Morgan fingerprint density at radius 1 is 1.63 bits per heavy atom. The Hall–Kier alpha value is -2.13. The molecule has 0 bridgehead atoms. The van der Waals surface area contributed by atoms with Gasteiger partial charge in [-0.1, -0.05) is 0 Å². The summed E-state index contributed by atoms with van der Waals surface area (Å²) in [6.07, 6.45) is -0.664. The van der Waals surface area contributed by atoms with Gasteiger partial charge in [0.15, 0.2) is 6.10 Å². The first-order valence-electron chi connectivity index (χ1n) is 5.89. The van der Waals surface area contributed by atoms with Crippen LogP contribution in [0.1, 0.15) is 15.9 Å². The van der Waals surface area contributed by atoms with Crippen molar-refractivity contribution >= 4 is 11.6 Å². The summed E-state index contributed by atoms with van der Waals surface area (Å²) in [6.45, 7) is 2.31. The zero-order valence-electron chi connectivity index (χ0n) is 10.5. The monoisotopic (exact) mass is 263 g/mol. The predicted octanol–water partition coefficient (Wildman–Crippen LogP) is 1.08. The maximum Gasteiger partial charge on any atom is 0.257 e. The summed E-state index contributed by atoms with van der Waals surface area (Å²) in [7, 11) is 0. The second-order valence-electron chi connectivity index (χ2n) is 4.44. The normalized spacial score (nSPS) is 19.0. The second kappa shape index (κ2) is 5.24. The van der Waals surface area contributed by atoms with Gasteiger partial charge in [0.1, 0.15) is 5.82 Å². The van der Waals surface area contributed by atoms with E-state index in [1.807, 2.05) is 6.07 Å². The van der Waals surface area contributed by atoms with Gasteiger partial charge in [-0.3, -0.25) is 4.79 Å². The van der Waals surface area contributed by atoms with Crippen molar-refractivity contribution in [3.63, 3.8) is 0 Å². The van der Waals surface area contributed by atoms with Crippen LogP contribution in [0.3, 0.4) is 0 Å². The number of carbonyl (C=O) groups excluding carboxylic acids is 1. The number of nitriles is 1. The quantitative estimate of drug-likeness (QED) is 0.769. The van der Waals surface area contributed by atoms with E-state index < -0.39 is 17.8 Å². The number of rotatable bonds is 1. The molecule has 2 rings (SSSR count). The molecule has 1 amide bonds. The zero-order chi connectivity index (χ0) is 14.0. The number of amides is 1. The Labute approximate surface area is 110 Å². The van der Waals surface area contributed by atoms with E-state index in [0.717, 1.165) is 0 Å². The number of anilines is 1. The summed E-state index contributed by atoms with van der Waals surface area (Å²) in [5, 5.41) is 8.80. The minimum Gasteiger partial charge on any atom is -0.399 e. The number of hydrogen-bond acceptors (Lipinski definition) is 4. The number of carbonyl (C=O) groups is 1. The number of benzene rings is 1. The minimum absolute atomic E-state index is 0.0592. The molecule has 100 valence electrons. The van der Waals surface area contributed by atoms with Gasteiger partial charge in [-0.2, -0.15) is 5.26 Å². The number of ether oxygens (including phenoxy) is 1. The number of nitrogen functional groups attached to an aromatic ring is 1. The standard InChI is InChI=1S/C13H14FN3O2/c1-8-4-9(16)5-11(12(8)14)13(18)17-2-3-19-10(6-15)7-17/h4-5,10H,2-3,7,16H2,1H3. The molecule has 0 aliphatic carbocycles. The van der Waals surface area contributed by atoms with Crippen LogP contribution in [0.4, 0.5) is 10.1 Å². The van der Waals surface area contributed by atoms with Crippen molar-refractivity contribution in [2.45, 2.75) is 13.0 Å². The van der Waals surface area contributed by atoms with Crippen LogP contribution in [0.25, 0.3) is 0 Å². The second-order valence-corrected chi connectivity index (χ2v) is 4.44. The van der Waals surface area contributed by atoms with Crippen LogP contribution in [0.2, 0.25) is 0 Å². The van der Waals surface area contributed by atoms with Gasteiger partial charge in [0.2, 0.25) is 0 Å². The molecule has 0 saturated carbocycles. The van der Waals surface area contributed by atoms with Crippen molar-refractivity contribution in [3.05, 3.63) is 29.1 Å². The van der Waals surface area contributed by atoms with Gasteiger partial charge >= 0.3 is 0 Å². The molecule has 1 atom stereocenters. The molecule has 0 aromatic heterocycles. The predicted molar refractivity (Wildman–Crippen MR) is 66.8 cm³/mol. The van der Waals surface area contributed by atoms with Gasteiger partial charge in [0.05, 0.1) is 24.8 Å². The van der Waals surface area contributed by atoms with Gasteiger partial charge in [0, 0.05) is 12.2 Å². The molecular formula is C13H14FN3O2. The summed E-state index contributed by atoms with van der Waals surface area (Å²) in [5.74, 6) is -1.03. The van der Waals surface area contributed by atoms with Gasteiger partial charge < -0.3 is 15.4 Å². The average molecular weight is 263 g/mol.